The third-order valence-electron chi connectivity index (χ3n) is 5.34. The highest BCUT2D eigenvalue weighted by Gasteiger charge is 2.35. The Morgan fingerprint density at radius 1 is 1.11 bits per heavy atom. The van der Waals surface area contributed by atoms with Gasteiger partial charge in [0.1, 0.15) is 5.57 Å². The molecule has 2 aliphatic rings. The van der Waals surface area contributed by atoms with E-state index in [2.05, 4.69) is 22.3 Å². The van der Waals surface area contributed by atoms with Gasteiger partial charge < -0.3 is 4.90 Å². The van der Waals surface area contributed by atoms with Gasteiger partial charge in [-0.2, -0.15) is 0 Å². The summed E-state index contributed by atoms with van der Waals surface area (Å²) in [5, 5.41) is 2.82. The molecule has 3 rings (SSSR count). The maximum Gasteiger partial charge on any atom is 0.265 e. The molecule has 2 heterocycles. The molecule has 27 heavy (non-hydrogen) atoms. The van der Waals surface area contributed by atoms with E-state index in [0.717, 1.165) is 25.1 Å². The Hall–Kier alpha value is -2.21. The lowest BCUT2D eigenvalue weighted by atomic mass is 10.1. The zero-order chi connectivity index (χ0) is 19.4. The number of carbonyl (C=O) groups is 2. The van der Waals surface area contributed by atoms with Crippen LogP contribution in [-0.2, 0) is 9.59 Å². The van der Waals surface area contributed by atoms with Gasteiger partial charge in [-0.3, -0.25) is 19.8 Å². The molecule has 1 aromatic carbocycles. The summed E-state index contributed by atoms with van der Waals surface area (Å²) in [5.74, 6) is -0.754. The van der Waals surface area contributed by atoms with Gasteiger partial charge >= 0.3 is 0 Å². The van der Waals surface area contributed by atoms with E-state index in [0.29, 0.717) is 0 Å². The summed E-state index contributed by atoms with van der Waals surface area (Å²) in [6.07, 6.45) is 7.47. The van der Waals surface area contributed by atoms with Crippen molar-refractivity contribution in [3.63, 3.8) is 0 Å². The second-order valence-electron chi connectivity index (χ2n) is 7.24. The normalized spacial score (nSPS) is 21.3. The zero-order valence-electron chi connectivity index (χ0n) is 16.0. The molecule has 1 N–H and O–H groups in total. The van der Waals surface area contributed by atoms with E-state index >= 15 is 0 Å². The third kappa shape index (κ3) is 4.38. The van der Waals surface area contributed by atoms with Crippen molar-refractivity contribution in [3.8, 4) is 0 Å². The summed E-state index contributed by atoms with van der Waals surface area (Å²) in [5.41, 5.74) is 2.16. The number of hydrogen-bond donors (Lipinski definition) is 1. The maximum absolute atomic E-state index is 12.8. The smallest absolute Gasteiger partial charge is 0.265 e. The molecule has 1 unspecified atom stereocenters. The molecule has 0 bridgehead atoms. The highest BCUT2D eigenvalue weighted by atomic mass is 32.1. The van der Waals surface area contributed by atoms with Crippen LogP contribution in [0, 0.1) is 0 Å². The van der Waals surface area contributed by atoms with E-state index in [4.69, 9.17) is 12.2 Å². The maximum atomic E-state index is 12.8. The molecular weight excluding hydrogens is 358 g/mol. The molecule has 1 aromatic rings. The van der Waals surface area contributed by atoms with E-state index in [1.54, 1.807) is 6.08 Å². The van der Waals surface area contributed by atoms with Crippen LogP contribution in [0.15, 0.2) is 29.8 Å². The van der Waals surface area contributed by atoms with Crippen molar-refractivity contribution in [1.29, 1.82) is 0 Å². The Morgan fingerprint density at radius 2 is 1.74 bits per heavy atom. The first-order chi connectivity index (χ1) is 13.0. The van der Waals surface area contributed by atoms with Crippen LogP contribution in [0.5, 0.6) is 0 Å². The number of hydrogen-bond acceptors (Lipinski definition) is 4. The van der Waals surface area contributed by atoms with Crippen LogP contribution in [0.1, 0.15) is 51.5 Å². The lowest BCUT2D eigenvalue weighted by Gasteiger charge is -2.33. The predicted molar refractivity (Wildman–Crippen MR) is 112 cm³/mol. The lowest BCUT2D eigenvalue weighted by Crippen LogP contribution is -2.56. The van der Waals surface area contributed by atoms with Crippen LogP contribution < -0.4 is 10.2 Å². The summed E-state index contributed by atoms with van der Waals surface area (Å²) in [6, 6.07) is 8.02. The Bertz CT molecular complexity index is 749. The van der Waals surface area contributed by atoms with E-state index in [-0.39, 0.29) is 22.6 Å². The average molecular weight is 386 g/mol. The van der Waals surface area contributed by atoms with Gasteiger partial charge in [-0.05, 0) is 62.2 Å². The number of nitrogens with zero attached hydrogens (tertiary/aromatic N) is 2. The second kappa shape index (κ2) is 8.65. The minimum absolute atomic E-state index is 0.0561. The van der Waals surface area contributed by atoms with Crippen LogP contribution in [0.25, 0.3) is 6.08 Å². The molecule has 2 aliphatic heterocycles. The van der Waals surface area contributed by atoms with Crippen molar-refractivity contribution in [3.05, 3.63) is 35.4 Å². The Balaban J connectivity index is 1.81. The molecule has 0 radical (unpaired) electrons. The first-order valence-corrected chi connectivity index (χ1v) is 10.2. The van der Waals surface area contributed by atoms with E-state index in [1.807, 2.05) is 26.0 Å². The number of anilines is 1. The van der Waals surface area contributed by atoms with Crippen molar-refractivity contribution in [2.45, 2.75) is 52.0 Å². The highest BCUT2D eigenvalue weighted by Crippen LogP contribution is 2.22. The van der Waals surface area contributed by atoms with E-state index < -0.39 is 5.91 Å². The Kier molecular flexibility index (Phi) is 6.26. The Labute approximate surface area is 166 Å². The fourth-order valence-corrected chi connectivity index (χ4v) is 3.89. The van der Waals surface area contributed by atoms with Crippen molar-refractivity contribution in [2.75, 3.05) is 18.0 Å². The fraction of sp³-hybridized carbons (Fsp3) is 0.476. The van der Waals surface area contributed by atoms with Gasteiger partial charge in [0.05, 0.1) is 0 Å². The molecular formula is C21H27N3O2S. The number of thiocarbonyl (C=S) groups is 1. The van der Waals surface area contributed by atoms with Crippen molar-refractivity contribution < 1.29 is 9.59 Å². The summed E-state index contributed by atoms with van der Waals surface area (Å²) in [7, 11) is 0. The van der Waals surface area contributed by atoms with Crippen LogP contribution in [-0.4, -0.2) is 41.0 Å². The highest BCUT2D eigenvalue weighted by molar-refractivity contribution is 7.80. The van der Waals surface area contributed by atoms with Gasteiger partial charge in [-0.15, -0.1) is 0 Å². The number of rotatable bonds is 4. The van der Waals surface area contributed by atoms with E-state index in [9.17, 15) is 9.59 Å². The molecule has 144 valence electrons. The largest absolute Gasteiger partial charge is 0.372 e. The van der Waals surface area contributed by atoms with Crippen LogP contribution >= 0.6 is 12.2 Å². The number of amides is 2. The van der Waals surface area contributed by atoms with Gasteiger partial charge in [-0.25, -0.2) is 0 Å². The topological polar surface area (TPSA) is 52.7 Å². The van der Waals surface area contributed by atoms with Gasteiger partial charge in [0.15, 0.2) is 5.11 Å². The molecule has 1 atom stereocenters. The van der Waals surface area contributed by atoms with Gasteiger partial charge in [0.2, 0.25) is 0 Å². The lowest BCUT2D eigenvalue weighted by molar-refractivity contribution is -0.130. The summed E-state index contributed by atoms with van der Waals surface area (Å²) >= 11 is 5.18. The third-order valence-corrected chi connectivity index (χ3v) is 5.64. The average Bonchev–Trinajstić information content (AvgIpc) is 2.94. The van der Waals surface area contributed by atoms with Crippen molar-refractivity contribution in [2.24, 2.45) is 0 Å². The zero-order valence-corrected chi connectivity index (χ0v) is 16.8. The molecule has 2 fully saturated rings. The molecule has 6 heteroatoms. The number of benzene rings is 1. The molecule has 2 saturated heterocycles. The quantitative estimate of drug-likeness (QED) is 0.490. The van der Waals surface area contributed by atoms with Gasteiger partial charge in [-0.1, -0.05) is 31.9 Å². The summed E-state index contributed by atoms with van der Waals surface area (Å²) in [6.45, 7) is 6.09. The first kappa shape index (κ1) is 19.5. The molecule has 5 nitrogen and oxygen atoms in total. The van der Waals surface area contributed by atoms with Crippen molar-refractivity contribution >= 4 is 40.9 Å². The monoisotopic (exact) mass is 385 g/mol. The van der Waals surface area contributed by atoms with Crippen LogP contribution in [0.3, 0.4) is 0 Å². The minimum Gasteiger partial charge on any atom is -0.372 e. The molecule has 0 saturated carbocycles. The van der Waals surface area contributed by atoms with E-state index in [1.165, 1.54) is 36.3 Å². The first-order valence-electron chi connectivity index (χ1n) is 9.77. The van der Waals surface area contributed by atoms with Crippen LogP contribution in [0.2, 0.25) is 0 Å². The summed E-state index contributed by atoms with van der Waals surface area (Å²) in [4.78, 5) is 29.0. The molecule has 2 amide bonds. The SMILES string of the molecule is CCC(C)N1C(=O)C(=Cc2ccc(N3CCCCCC3)cc2)C(=O)NC1=S. The minimum atomic E-state index is -0.429. The fourth-order valence-electron chi connectivity index (χ4n) is 3.53. The number of carbonyl (C=O) groups excluding carboxylic acids is 2. The Morgan fingerprint density at radius 3 is 2.33 bits per heavy atom. The van der Waals surface area contributed by atoms with Gasteiger partial charge in [0, 0.05) is 24.8 Å². The molecule has 0 aliphatic carbocycles. The molecule has 0 aromatic heterocycles. The second-order valence-corrected chi connectivity index (χ2v) is 7.63. The predicted octanol–water partition coefficient (Wildman–Crippen LogP) is 3.49. The standard InChI is InChI=1S/C21H27N3O2S/c1-3-15(2)24-20(26)18(19(25)22-21(24)27)14-16-8-10-17(11-9-16)23-12-6-4-5-7-13-23/h8-11,14-15H,3-7,12-13H2,1-2H3,(H,22,25,27). The van der Waals surface area contributed by atoms with Crippen LogP contribution in [0.4, 0.5) is 5.69 Å². The van der Waals surface area contributed by atoms with Gasteiger partial charge in [0.25, 0.3) is 11.8 Å². The molecule has 0 spiro atoms. The van der Waals surface area contributed by atoms with Crippen molar-refractivity contribution in [1.82, 2.24) is 10.2 Å². The number of nitrogens with one attached hydrogen (secondary N) is 1. The summed E-state index contributed by atoms with van der Waals surface area (Å²) < 4.78 is 0.